The summed E-state index contributed by atoms with van der Waals surface area (Å²) in [5.74, 6) is 0.499. The van der Waals surface area contributed by atoms with Crippen LogP contribution in [0.1, 0.15) is 32.8 Å². The Morgan fingerprint density at radius 1 is 1.44 bits per heavy atom. The van der Waals surface area contributed by atoms with Gasteiger partial charge in [0.25, 0.3) is 0 Å². The number of nitrogens with one attached hydrogen (secondary N) is 1. The van der Waals surface area contributed by atoms with Crippen molar-refractivity contribution in [2.45, 2.75) is 38.8 Å². The van der Waals surface area contributed by atoms with Crippen molar-refractivity contribution < 1.29 is 9.53 Å². The van der Waals surface area contributed by atoms with Crippen molar-refractivity contribution >= 4 is 22.9 Å². The molecule has 0 unspecified atom stereocenters. The Hall–Kier alpha value is -2.88. The molecule has 7 heteroatoms. The van der Waals surface area contributed by atoms with E-state index in [0.717, 1.165) is 17.3 Å². The first-order chi connectivity index (χ1) is 11.8. The van der Waals surface area contributed by atoms with Gasteiger partial charge in [-0.3, -0.25) is 0 Å². The molecule has 1 atom stereocenters. The van der Waals surface area contributed by atoms with Gasteiger partial charge in [0, 0.05) is 30.7 Å². The number of ether oxygens (including phenoxy) is 1. The summed E-state index contributed by atoms with van der Waals surface area (Å²) in [6.07, 6.45) is 2.24. The molecular weight excluding hydrogens is 318 g/mol. The Morgan fingerprint density at radius 2 is 2.24 bits per heavy atom. The molecule has 25 heavy (non-hydrogen) atoms. The number of fused-ring (bicyclic) bond motifs is 1. The summed E-state index contributed by atoms with van der Waals surface area (Å²) in [5, 5.41) is 13.1. The minimum Gasteiger partial charge on any atom is -0.444 e. The maximum Gasteiger partial charge on any atom is 0.410 e. The van der Waals surface area contributed by atoms with E-state index in [4.69, 9.17) is 10.00 Å². The fraction of sp³-hybridized carbons (Fsp3) is 0.444. The number of rotatable bonds is 2. The van der Waals surface area contributed by atoms with Gasteiger partial charge < -0.3 is 15.0 Å². The second-order valence-corrected chi connectivity index (χ2v) is 7.14. The maximum atomic E-state index is 12.1. The lowest BCUT2D eigenvalue weighted by molar-refractivity contribution is 0.0293. The van der Waals surface area contributed by atoms with Gasteiger partial charge >= 0.3 is 6.09 Å². The normalized spacial score (nSPS) is 17.4. The van der Waals surface area contributed by atoms with Crippen LogP contribution in [-0.2, 0) is 4.74 Å². The molecule has 3 rings (SSSR count). The number of aromatic nitrogens is 2. The van der Waals surface area contributed by atoms with Crippen LogP contribution in [-0.4, -0.2) is 45.7 Å². The molecule has 1 aliphatic rings. The lowest BCUT2D eigenvalue weighted by Gasteiger charge is -2.24. The van der Waals surface area contributed by atoms with Gasteiger partial charge in [0.05, 0.1) is 17.1 Å². The van der Waals surface area contributed by atoms with Crippen LogP contribution in [0.4, 0.5) is 10.7 Å². The summed E-state index contributed by atoms with van der Waals surface area (Å²) in [7, 11) is 0. The third-order valence-electron chi connectivity index (χ3n) is 3.88. The minimum atomic E-state index is -0.498. The Bertz CT molecular complexity index is 837. The molecule has 1 N–H and O–H groups in total. The number of carbonyl (C=O) groups is 1. The third-order valence-corrected chi connectivity index (χ3v) is 3.88. The zero-order valence-corrected chi connectivity index (χ0v) is 14.6. The average Bonchev–Trinajstić information content (AvgIpc) is 3.01. The predicted molar refractivity (Wildman–Crippen MR) is 94.1 cm³/mol. The van der Waals surface area contributed by atoms with Gasteiger partial charge in [-0.25, -0.2) is 14.8 Å². The van der Waals surface area contributed by atoms with Crippen molar-refractivity contribution in [1.29, 1.82) is 5.26 Å². The number of benzene rings is 1. The van der Waals surface area contributed by atoms with Gasteiger partial charge in [-0.15, -0.1) is 0 Å². The number of carbonyl (C=O) groups excluding carboxylic acids is 1. The zero-order chi connectivity index (χ0) is 18.0. The standard InChI is InChI=1S/C18H21N5O2/c1-18(2,3)25-17(24)23-7-6-14(11-23)21-16-20-10-13-5-4-12(9-19)8-15(13)22-16/h4-5,8,10,14H,6-7,11H2,1-3H3,(H,20,21,22)/t14-/m0/s1. The fourth-order valence-electron chi connectivity index (χ4n) is 2.72. The highest BCUT2D eigenvalue weighted by molar-refractivity contribution is 5.80. The molecule has 0 aliphatic carbocycles. The lowest BCUT2D eigenvalue weighted by atomic mass is 10.2. The molecule has 130 valence electrons. The SMILES string of the molecule is CC(C)(C)OC(=O)N1CC[C@H](Nc2ncc3ccc(C#N)cc3n2)C1. The molecule has 0 spiro atoms. The molecule has 0 saturated carbocycles. The van der Waals surface area contributed by atoms with Crippen LogP contribution in [0.15, 0.2) is 24.4 Å². The van der Waals surface area contributed by atoms with Crippen molar-refractivity contribution in [3.63, 3.8) is 0 Å². The Kier molecular flexibility index (Phi) is 4.45. The summed E-state index contributed by atoms with van der Waals surface area (Å²) in [5.41, 5.74) is 0.787. The lowest BCUT2D eigenvalue weighted by Crippen LogP contribution is -2.36. The summed E-state index contributed by atoms with van der Waals surface area (Å²) in [4.78, 5) is 22.6. The van der Waals surface area contributed by atoms with E-state index in [9.17, 15) is 4.79 Å². The Balaban J connectivity index is 1.66. The van der Waals surface area contributed by atoms with Gasteiger partial charge in [-0.05, 0) is 45.4 Å². The van der Waals surface area contributed by atoms with Gasteiger partial charge in [0.1, 0.15) is 5.60 Å². The Labute approximate surface area is 146 Å². The molecule has 7 nitrogen and oxygen atoms in total. The molecule has 2 heterocycles. The van der Waals surface area contributed by atoms with E-state index in [2.05, 4.69) is 21.4 Å². The molecule has 0 radical (unpaired) electrons. The van der Waals surface area contributed by atoms with Crippen molar-refractivity contribution in [3.8, 4) is 6.07 Å². The van der Waals surface area contributed by atoms with E-state index in [0.29, 0.717) is 24.6 Å². The van der Waals surface area contributed by atoms with Gasteiger partial charge in [-0.1, -0.05) is 0 Å². The van der Waals surface area contributed by atoms with Crippen molar-refractivity contribution in [1.82, 2.24) is 14.9 Å². The quantitative estimate of drug-likeness (QED) is 0.904. The zero-order valence-electron chi connectivity index (χ0n) is 14.6. The average molecular weight is 339 g/mol. The number of nitrogens with zero attached hydrogens (tertiary/aromatic N) is 4. The van der Waals surface area contributed by atoms with Gasteiger partial charge in [0.15, 0.2) is 0 Å². The highest BCUT2D eigenvalue weighted by Gasteiger charge is 2.30. The van der Waals surface area contributed by atoms with E-state index in [1.165, 1.54) is 0 Å². The number of amides is 1. The van der Waals surface area contributed by atoms with E-state index in [1.54, 1.807) is 23.2 Å². The van der Waals surface area contributed by atoms with E-state index < -0.39 is 5.60 Å². The van der Waals surface area contributed by atoms with E-state index in [1.807, 2.05) is 26.8 Å². The topological polar surface area (TPSA) is 91.1 Å². The smallest absolute Gasteiger partial charge is 0.410 e. The van der Waals surface area contributed by atoms with E-state index in [-0.39, 0.29) is 12.1 Å². The first-order valence-electron chi connectivity index (χ1n) is 8.25. The van der Waals surface area contributed by atoms with Crippen molar-refractivity contribution in [2.24, 2.45) is 0 Å². The molecule has 1 aromatic carbocycles. The molecule has 1 fully saturated rings. The minimum absolute atomic E-state index is 0.0733. The van der Waals surface area contributed by atoms with Crippen LogP contribution in [0, 0.1) is 11.3 Å². The van der Waals surface area contributed by atoms with E-state index >= 15 is 0 Å². The predicted octanol–water partition coefficient (Wildman–Crippen LogP) is 2.92. The number of hydrogen-bond donors (Lipinski definition) is 1. The Morgan fingerprint density at radius 3 is 2.96 bits per heavy atom. The monoisotopic (exact) mass is 339 g/mol. The molecule has 1 aliphatic heterocycles. The summed E-state index contributed by atoms with van der Waals surface area (Å²) in [6.45, 7) is 6.76. The van der Waals surface area contributed by atoms with Crippen LogP contribution in [0.25, 0.3) is 10.9 Å². The number of hydrogen-bond acceptors (Lipinski definition) is 6. The maximum absolute atomic E-state index is 12.1. The summed E-state index contributed by atoms with van der Waals surface area (Å²) in [6, 6.07) is 7.50. The second-order valence-electron chi connectivity index (χ2n) is 7.14. The summed E-state index contributed by atoms with van der Waals surface area (Å²) < 4.78 is 5.40. The molecule has 1 saturated heterocycles. The third kappa shape index (κ3) is 4.15. The van der Waals surface area contributed by atoms with Crippen LogP contribution >= 0.6 is 0 Å². The highest BCUT2D eigenvalue weighted by atomic mass is 16.6. The first kappa shape index (κ1) is 17.0. The molecule has 1 amide bonds. The van der Waals surface area contributed by atoms with Crippen LogP contribution in [0.5, 0.6) is 0 Å². The summed E-state index contributed by atoms with van der Waals surface area (Å²) >= 11 is 0. The fourth-order valence-corrected chi connectivity index (χ4v) is 2.72. The number of anilines is 1. The molecular formula is C18H21N5O2. The van der Waals surface area contributed by atoms with Crippen LogP contribution in [0.3, 0.4) is 0 Å². The molecule has 1 aromatic heterocycles. The largest absolute Gasteiger partial charge is 0.444 e. The highest BCUT2D eigenvalue weighted by Crippen LogP contribution is 2.19. The van der Waals surface area contributed by atoms with Gasteiger partial charge in [-0.2, -0.15) is 5.26 Å². The van der Waals surface area contributed by atoms with Crippen LogP contribution in [0.2, 0.25) is 0 Å². The van der Waals surface area contributed by atoms with Crippen molar-refractivity contribution in [3.05, 3.63) is 30.0 Å². The second kappa shape index (κ2) is 6.55. The number of likely N-dealkylation sites (tertiary alicyclic amines) is 1. The first-order valence-corrected chi connectivity index (χ1v) is 8.25. The number of nitriles is 1. The molecule has 0 bridgehead atoms. The van der Waals surface area contributed by atoms with Crippen LogP contribution < -0.4 is 5.32 Å². The van der Waals surface area contributed by atoms with Crippen molar-refractivity contribution in [2.75, 3.05) is 18.4 Å². The molecule has 2 aromatic rings. The van der Waals surface area contributed by atoms with Gasteiger partial charge in [0.2, 0.25) is 5.95 Å².